The van der Waals surface area contributed by atoms with Crippen molar-refractivity contribution >= 4 is 88.0 Å². The van der Waals surface area contributed by atoms with E-state index in [2.05, 4.69) is 34.7 Å². The van der Waals surface area contributed by atoms with Crippen LogP contribution < -0.4 is 49.6 Å². The molecular weight excluding hydrogens is 1260 g/mol. The average molecular weight is 1350 g/mol. The van der Waals surface area contributed by atoms with E-state index in [4.69, 9.17) is 33.2 Å². The average Bonchev–Trinajstić information content (AvgIpc) is 1.63. The van der Waals surface area contributed by atoms with Crippen LogP contribution in [0, 0.1) is 5.92 Å². The predicted molar refractivity (Wildman–Crippen MR) is 359 cm³/mol. The lowest BCUT2D eigenvalue weighted by molar-refractivity contribution is -0.124. The molecule has 0 saturated heterocycles. The fourth-order valence-corrected chi connectivity index (χ4v) is 17.5. The highest BCUT2D eigenvalue weighted by Crippen LogP contribution is 2.46. The summed E-state index contributed by atoms with van der Waals surface area (Å²) in [4.78, 5) is 48.2. The molecule has 4 heterocycles. The first-order valence-corrected chi connectivity index (χ1v) is 36.5. The fraction of sp³-hybridized carbons (Fsp3) is 0.500. The number of amides is 3. The fourth-order valence-electron chi connectivity index (χ4n) is 13.1. The maximum Gasteiger partial charge on any atom is 0.288 e. The van der Waals surface area contributed by atoms with Gasteiger partial charge in [0.25, 0.3) is 32.1 Å². The Morgan fingerprint density at radius 1 is 0.739 bits per heavy atom. The van der Waals surface area contributed by atoms with E-state index in [1.54, 1.807) is 31.4 Å². The zero-order chi connectivity index (χ0) is 65.5. The van der Waals surface area contributed by atoms with E-state index in [1.165, 1.54) is 52.8 Å². The van der Waals surface area contributed by atoms with Crippen molar-refractivity contribution in [2.45, 2.75) is 125 Å². The molecule has 0 radical (unpaired) electrons. The van der Waals surface area contributed by atoms with E-state index >= 15 is 0 Å². The van der Waals surface area contributed by atoms with Crippen LogP contribution in [0.5, 0.6) is 23.0 Å². The minimum atomic E-state index is -4.79. The molecule has 1 saturated carbocycles. The van der Waals surface area contributed by atoms with E-state index in [0.717, 1.165) is 41.8 Å². The number of hydrogen-bond donors (Lipinski definition) is 5. The number of rotatable bonds is 32. The van der Waals surface area contributed by atoms with E-state index < -0.39 is 59.0 Å². The molecule has 4 aliphatic heterocycles. The van der Waals surface area contributed by atoms with E-state index in [1.807, 2.05) is 73.3 Å². The van der Waals surface area contributed by atoms with Crippen molar-refractivity contribution in [3.63, 3.8) is 0 Å². The molecule has 92 heavy (non-hydrogen) atoms. The number of para-hydroxylation sites is 2. The second-order valence-corrected chi connectivity index (χ2v) is 30.7. The summed E-state index contributed by atoms with van der Waals surface area (Å²) in [5, 5.41) is 6.34. The maximum atomic E-state index is 14.6. The van der Waals surface area contributed by atoms with Gasteiger partial charge in [-0.1, -0.05) is 78.3 Å². The van der Waals surface area contributed by atoms with Crippen molar-refractivity contribution in [3.8, 4) is 23.0 Å². The first kappa shape index (κ1) is 68.4. The van der Waals surface area contributed by atoms with Crippen LogP contribution >= 0.6 is 21.6 Å². The summed E-state index contributed by atoms with van der Waals surface area (Å²) in [5.41, 5.74) is 6.12. The van der Waals surface area contributed by atoms with Crippen LogP contribution in [0.15, 0.2) is 91.0 Å². The number of anilines is 5. The summed E-state index contributed by atoms with van der Waals surface area (Å²) in [6.07, 6.45) is 5.04. The van der Waals surface area contributed by atoms with Crippen LogP contribution in [0.1, 0.15) is 109 Å². The molecule has 0 aromatic heterocycles. The summed E-state index contributed by atoms with van der Waals surface area (Å²) in [6, 6.07) is 26.4. The van der Waals surface area contributed by atoms with Crippen molar-refractivity contribution in [1.29, 1.82) is 0 Å². The standard InChI is InChI=1S/C66H84N6O16S4/c1-8-66(9-2,46-17-14-18-46)69-61(73)60(91(76,77)78)21-28-89-90-65(3,4)41-70(22-23-85-26-27-86-25-24-82-5)47-30-42(39-87-58-36-51-49(34-56(58)83-6)63(74)71-48(38-67-51)32-44-15-10-12-19-53(44)71)29-43(31-47)40-88-59-37-52-50(35-57(59)84-7)64(75)72-54-20-13-11-16-45(54)33-55(72)62(68-52)92(79,80)81/h10-13,15-16,19-20,29-31,34-37,46,48,55,60,62,67-68H,8-9,14,17-18,21-28,32-33,38-41H2,1-7H3,(H,69,73)(H,76,77,78)(H,79,80,81)/t48-,55-,60?,62?/m0/s1. The van der Waals surface area contributed by atoms with E-state index in [-0.39, 0.29) is 79.0 Å². The molecule has 1 fully saturated rings. The zero-order valence-electron chi connectivity index (χ0n) is 53.1. The molecular formula is C66H84N6O16S4. The smallest absolute Gasteiger partial charge is 0.288 e. The molecule has 5 aliphatic rings. The maximum absolute atomic E-state index is 14.6. The third-order valence-electron chi connectivity index (χ3n) is 18.1. The highest BCUT2D eigenvalue weighted by Gasteiger charge is 2.48. The van der Waals surface area contributed by atoms with Crippen LogP contribution in [0.2, 0.25) is 0 Å². The largest absolute Gasteiger partial charge is 0.493 e. The SMILES string of the molecule is CCC(CC)(NC(=O)C(CCSSC(C)(C)CN(CCOCCOCCOC)c1cc(COc2cc3c(cc2OC)C(=O)N2c4ccccc4C[C@H]2CN3)cc(COc2cc3c(cc2OC)C(=O)N2c4ccccc4C[C@H]2C(S(=O)(=O)O)N3)c1)S(=O)(=O)O)C1CCC1. The van der Waals surface area contributed by atoms with E-state index in [9.17, 15) is 40.3 Å². The summed E-state index contributed by atoms with van der Waals surface area (Å²) in [5.74, 6) is 0.252. The Kier molecular flexibility index (Phi) is 21.9. The third-order valence-corrected chi connectivity index (χ3v) is 23.6. The van der Waals surface area contributed by atoms with Gasteiger partial charge >= 0.3 is 0 Å². The second kappa shape index (κ2) is 29.4. The Balaban J connectivity index is 0.944. The number of benzene rings is 5. The molecule has 22 nitrogen and oxygen atoms in total. The monoisotopic (exact) mass is 1340 g/mol. The Morgan fingerprint density at radius 2 is 1.32 bits per heavy atom. The Morgan fingerprint density at radius 3 is 1.90 bits per heavy atom. The lowest BCUT2D eigenvalue weighted by Crippen LogP contribution is -2.58. The molecule has 26 heteroatoms. The molecule has 498 valence electrons. The van der Waals surface area contributed by atoms with Crippen LogP contribution in [0.3, 0.4) is 0 Å². The molecule has 5 aromatic carbocycles. The highest BCUT2D eigenvalue weighted by molar-refractivity contribution is 8.77. The third kappa shape index (κ3) is 15.3. The summed E-state index contributed by atoms with van der Waals surface area (Å²) in [6.45, 7) is 11.1. The summed E-state index contributed by atoms with van der Waals surface area (Å²) < 4.78 is 115. The van der Waals surface area contributed by atoms with Gasteiger partial charge in [-0.25, -0.2) is 0 Å². The zero-order valence-corrected chi connectivity index (χ0v) is 56.3. The van der Waals surface area contributed by atoms with Crippen LogP contribution in [0.4, 0.5) is 28.4 Å². The predicted octanol–water partition coefficient (Wildman–Crippen LogP) is 9.84. The van der Waals surface area contributed by atoms with Gasteiger partial charge in [0.1, 0.15) is 13.2 Å². The molecule has 2 unspecified atom stereocenters. The molecule has 1 aliphatic carbocycles. The molecule has 4 atom stereocenters. The minimum Gasteiger partial charge on any atom is -0.493 e. The Labute approximate surface area is 547 Å². The number of methoxy groups -OCH3 is 3. The van der Waals surface area contributed by atoms with Gasteiger partial charge in [0.2, 0.25) is 5.91 Å². The molecule has 10 rings (SSSR count). The Hall–Kier alpha value is -6.49. The van der Waals surface area contributed by atoms with Crippen molar-refractivity contribution in [1.82, 2.24) is 5.32 Å². The van der Waals surface area contributed by atoms with Crippen molar-refractivity contribution < 1.29 is 73.5 Å². The van der Waals surface area contributed by atoms with Gasteiger partial charge in [0.05, 0.1) is 81.8 Å². The number of carbonyl (C=O) groups is 3. The molecule has 0 bridgehead atoms. The van der Waals surface area contributed by atoms with Gasteiger partial charge < -0.3 is 63.8 Å². The first-order chi connectivity index (χ1) is 44.1. The van der Waals surface area contributed by atoms with Gasteiger partial charge in [-0.3, -0.25) is 23.5 Å². The summed E-state index contributed by atoms with van der Waals surface area (Å²) >= 11 is 0. The van der Waals surface area contributed by atoms with Gasteiger partial charge in [-0.05, 0) is 129 Å². The van der Waals surface area contributed by atoms with Gasteiger partial charge in [-0.15, -0.1) is 0 Å². The van der Waals surface area contributed by atoms with Crippen LogP contribution in [0.25, 0.3) is 0 Å². The highest BCUT2D eigenvalue weighted by atomic mass is 33.1. The van der Waals surface area contributed by atoms with Crippen LogP contribution in [-0.2, 0) is 65.3 Å². The van der Waals surface area contributed by atoms with E-state index in [0.29, 0.717) is 105 Å². The molecule has 3 amide bonds. The number of nitrogens with zero attached hydrogens (tertiary/aromatic N) is 3. The number of carbonyl (C=O) groups excluding carboxylic acids is 3. The second-order valence-electron chi connectivity index (χ2n) is 24.5. The lowest BCUT2D eigenvalue weighted by atomic mass is 9.68. The van der Waals surface area contributed by atoms with Crippen molar-refractivity contribution in [2.24, 2.45) is 5.92 Å². The molecule has 5 N–H and O–H groups in total. The van der Waals surface area contributed by atoms with Gasteiger partial charge in [0, 0.05) is 72.0 Å². The normalized spacial score (nSPS) is 18.1. The van der Waals surface area contributed by atoms with Crippen LogP contribution in [-0.4, -0.2) is 156 Å². The Bertz CT molecular complexity index is 3720. The topological polar surface area (TPSA) is 270 Å². The molecule has 5 aromatic rings. The van der Waals surface area contributed by atoms with Gasteiger partial charge in [-0.2, -0.15) is 16.8 Å². The minimum absolute atomic E-state index is 0.00994. The number of hydrogen-bond acceptors (Lipinski definition) is 19. The summed E-state index contributed by atoms with van der Waals surface area (Å²) in [7, 11) is -2.04. The molecule has 0 spiro atoms. The van der Waals surface area contributed by atoms with Crippen molar-refractivity contribution in [2.75, 3.05) is 105 Å². The first-order valence-electron chi connectivity index (χ1n) is 31.2. The number of fused-ring (bicyclic) bond motifs is 8. The quantitative estimate of drug-likeness (QED) is 0.0152. The van der Waals surface area contributed by atoms with Gasteiger partial charge in [0.15, 0.2) is 33.6 Å². The number of ether oxygens (including phenoxy) is 7. The van der Waals surface area contributed by atoms with Crippen molar-refractivity contribution in [3.05, 3.63) is 124 Å². The lowest BCUT2D eigenvalue weighted by Gasteiger charge is -2.45. The number of nitrogens with one attached hydrogen (secondary N) is 3.